The molecule has 0 N–H and O–H groups in total. The van der Waals surface area contributed by atoms with Gasteiger partial charge in [0, 0.05) is 43.9 Å². The van der Waals surface area contributed by atoms with Crippen LogP contribution in [0.25, 0.3) is 0 Å². The third-order valence-electron chi connectivity index (χ3n) is 4.61. The van der Waals surface area contributed by atoms with E-state index in [1.165, 1.54) is 29.8 Å². The molecule has 2 aliphatic carbocycles. The molecular formula is C14H28N2O4S5. The van der Waals surface area contributed by atoms with Crippen molar-refractivity contribution in [2.75, 3.05) is 12.5 Å². The summed E-state index contributed by atoms with van der Waals surface area (Å²) in [6.07, 6.45) is 12.5. The Hall–Kier alpha value is 0.870. The SMILES string of the molecule is CS(=O)(=O)N(SSSN(C1CCCCC1)S(C)(=O)=O)C1CCCCC1. The first-order chi connectivity index (χ1) is 11.7. The van der Waals surface area contributed by atoms with Gasteiger partial charge in [-0.2, -0.15) is 0 Å². The quantitative estimate of drug-likeness (QED) is 0.410. The van der Waals surface area contributed by atoms with Crippen molar-refractivity contribution in [3.05, 3.63) is 0 Å². The van der Waals surface area contributed by atoms with E-state index in [-0.39, 0.29) is 12.1 Å². The summed E-state index contributed by atoms with van der Waals surface area (Å²) in [5, 5.41) is 0. The highest BCUT2D eigenvalue weighted by atomic mass is 33.5. The summed E-state index contributed by atoms with van der Waals surface area (Å²) in [5.74, 6) is 0. The average molecular weight is 449 g/mol. The lowest BCUT2D eigenvalue weighted by Crippen LogP contribution is -2.36. The average Bonchev–Trinajstić information content (AvgIpc) is 2.54. The Morgan fingerprint density at radius 3 is 1.24 bits per heavy atom. The zero-order valence-electron chi connectivity index (χ0n) is 14.8. The van der Waals surface area contributed by atoms with E-state index in [4.69, 9.17) is 0 Å². The minimum Gasteiger partial charge on any atom is -0.212 e. The first-order valence-corrected chi connectivity index (χ1v) is 15.8. The van der Waals surface area contributed by atoms with Gasteiger partial charge in [0.05, 0.1) is 12.5 Å². The lowest BCUT2D eigenvalue weighted by Gasteiger charge is -2.32. The lowest BCUT2D eigenvalue weighted by molar-refractivity contribution is 0.348. The van der Waals surface area contributed by atoms with Crippen molar-refractivity contribution < 1.29 is 16.8 Å². The van der Waals surface area contributed by atoms with Crippen LogP contribution < -0.4 is 0 Å². The van der Waals surface area contributed by atoms with E-state index in [2.05, 4.69) is 0 Å². The van der Waals surface area contributed by atoms with Gasteiger partial charge in [0.15, 0.2) is 0 Å². The maximum Gasteiger partial charge on any atom is 0.221 e. The topological polar surface area (TPSA) is 74.8 Å². The highest BCUT2D eigenvalue weighted by Crippen LogP contribution is 2.46. The molecule has 0 saturated heterocycles. The summed E-state index contributed by atoms with van der Waals surface area (Å²) in [4.78, 5) is 0. The number of rotatable bonds is 8. The molecule has 0 heterocycles. The molecule has 0 bridgehead atoms. The van der Waals surface area contributed by atoms with E-state index in [9.17, 15) is 16.8 Å². The standard InChI is InChI=1S/C14H28N2O4S5/c1-24(17,18)15(13-9-5-3-6-10-13)21-23-22-16(25(2,19)20)14-11-7-4-8-12-14/h13-14H,3-12H2,1-2H3. The molecule has 0 unspecified atom stereocenters. The zero-order valence-corrected chi connectivity index (χ0v) is 18.9. The normalized spacial score (nSPS) is 21.9. The molecule has 148 valence electrons. The molecule has 0 spiro atoms. The Labute approximate surface area is 164 Å². The largest absolute Gasteiger partial charge is 0.221 e. The van der Waals surface area contributed by atoms with Gasteiger partial charge >= 0.3 is 0 Å². The first kappa shape index (κ1) is 22.2. The van der Waals surface area contributed by atoms with E-state index in [1.807, 2.05) is 0 Å². The van der Waals surface area contributed by atoms with Gasteiger partial charge in [0.2, 0.25) is 20.0 Å². The second-order valence-corrected chi connectivity index (χ2v) is 14.8. The fraction of sp³-hybridized carbons (Fsp3) is 1.00. The smallest absolute Gasteiger partial charge is 0.212 e. The fourth-order valence-electron chi connectivity index (χ4n) is 3.43. The number of sulfonamides is 2. The van der Waals surface area contributed by atoms with Gasteiger partial charge in [-0.25, -0.2) is 16.8 Å². The van der Waals surface area contributed by atoms with E-state index < -0.39 is 20.0 Å². The van der Waals surface area contributed by atoms with Crippen molar-refractivity contribution in [2.24, 2.45) is 0 Å². The van der Waals surface area contributed by atoms with Crippen molar-refractivity contribution in [1.29, 1.82) is 0 Å². The van der Waals surface area contributed by atoms with E-state index in [0.717, 1.165) is 86.2 Å². The van der Waals surface area contributed by atoms with Crippen LogP contribution in [0.15, 0.2) is 0 Å². The van der Waals surface area contributed by atoms with Crippen molar-refractivity contribution >= 4 is 51.8 Å². The molecular weight excluding hydrogens is 420 g/mol. The second kappa shape index (κ2) is 9.88. The number of nitrogens with zero attached hydrogens (tertiary/aromatic N) is 2. The van der Waals surface area contributed by atoms with Gasteiger partial charge in [0.1, 0.15) is 0 Å². The van der Waals surface area contributed by atoms with Crippen molar-refractivity contribution in [3.8, 4) is 0 Å². The summed E-state index contributed by atoms with van der Waals surface area (Å²) in [5.41, 5.74) is 0. The maximum absolute atomic E-state index is 12.2. The third-order valence-corrected chi connectivity index (χ3v) is 12.6. The van der Waals surface area contributed by atoms with Crippen molar-refractivity contribution in [3.63, 3.8) is 0 Å². The van der Waals surface area contributed by atoms with Crippen LogP contribution in [-0.2, 0) is 20.0 Å². The number of hydrogen-bond donors (Lipinski definition) is 0. The molecule has 2 aliphatic rings. The van der Waals surface area contributed by atoms with Gasteiger partial charge in [-0.3, -0.25) is 0 Å². The van der Waals surface area contributed by atoms with Crippen LogP contribution in [0.3, 0.4) is 0 Å². The molecule has 0 aromatic heterocycles. The highest BCUT2D eigenvalue weighted by molar-refractivity contribution is 9.09. The van der Waals surface area contributed by atoms with Gasteiger partial charge < -0.3 is 0 Å². The van der Waals surface area contributed by atoms with Crippen LogP contribution in [0.5, 0.6) is 0 Å². The summed E-state index contributed by atoms with van der Waals surface area (Å²) in [6.45, 7) is 0. The van der Waals surface area contributed by atoms with Gasteiger partial charge in [0.25, 0.3) is 0 Å². The highest BCUT2D eigenvalue weighted by Gasteiger charge is 2.32. The Bertz CT molecular complexity index is 559. The Kier molecular flexibility index (Phi) is 8.76. The summed E-state index contributed by atoms with van der Waals surface area (Å²) in [6, 6.07) is 0.0337. The molecule has 0 aliphatic heterocycles. The molecule has 0 aromatic rings. The molecule has 2 fully saturated rings. The van der Waals surface area contributed by atoms with E-state index in [0.29, 0.717) is 0 Å². The minimum absolute atomic E-state index is 0.0169. The third kappa shape index (κ3) is 7.08. The first-order valence-electron chi connectivity index (χ1n) is 8.70. The van der Waals surface area contributed by atoms with Gasteiger partial charge in [-0.1, -0.05) is 38.5 Å². The van der Waals surface area contributed by atoms with Crippen molar-refractivity contribution in [2.45, 2.75) is 76.3 Å². The molecule has 0 atom stereocenters. The maximum atomic E-state index is 12.2. The summed E-state index contributed by atoms with van der Waals surface area (Å²) in [7, 11) is -3.10. The van der Waals surface area contributed by atoms with Crippen LogP contribution in [0.1, 0.15) is 64.2 Å². The summed E-state index contributed by atoms with van der Waals surface area (Å²) < 4.78 is 51.6. The zero-order chi connectivity index (χ0) is 18.5. The molecule has 25 heavy (non-hydrogen) atoms. The second-order valence-electron chi connectivity index (χ2n) is 6.84. The van der Waals surface area contributed by atoms with Crippen molar-refractivity contribution in [1.82, 2.24) is 7.42 Å². The molecule has 6 nitrogen and oxygen atoms in total. The Morgan fingerprint density at radius 2 is 0.960 bits per heavy atom. The van der Waals surface area contributed by atoms with Crippen LogP contribution in [0, 0.1) is 0 Å². The van der Waals surface area contributed by atoms with Crippen LogP contribution in [0.4, 0.5) is 0 Å². The van der Waals surface area contributed by atoms with Gasteiger partial charge in [-0.15, -0.1) is 7.42 Å². The van der Waals surface area contributed by atoms with Crippen LogP contribution in [-0.4, -0.2) is 48.9 Å². The Balaban J connectivity index is 1.98. The lowest BCUT2D eigenvalue weighted by atomic mass is 9.96. The van der Waals surface area contributed by atoms with Crippen LogP contribution in [0.2, 0.25) is 0 Å². The molecule has 2 saturated carbocycles. The number of hydrogen-bond acceptors (Lipinski definition) is 7. The van der Waals surface area contributed by atoms with Gasteiger partial charge in [-0.05, 0) is 25.7 Å². The monoisotopic (exact) mass is 448 g/mol. The molecule has 2 rings (SSSR count). The summed E-state index contributed by atoms with van der Waals surface area (Å²) >= 11 is 0. The predicted octanol–water partition coefficient (Wildman–Crippen LogP) is 4.03. The molecule has 11 heteroatoms. The van der Waals surface area contributed by atoms with E-state index in [1.54, 1.807) is 0 Å². The predicted molar refractivity (Wildman–Crippen MR) is 110 cm³/mol. The Morgan fingerprint density at radius 1 is 0.640 bits per heavy atom. The molecule has 0 aromatic carbocycles. The van der Waals surface area contributed by atoms with E-state index >= 15 is 0 Å². The fourth-order valence-corrected chi connectivity index (χ4v) is 12.5. The minimum atomic E-state index is -3.33. The van der Waals surface area contributed by atoms with Crippen LogP contribution >= 0.6 is 31.8 Å². The molecule has 0 amide bonds. The molecule has 0 radical (unpaired) electrons.